The van der Waals surface area contributed by atoms with Crippen molar-refractivity contribution < 1.29 is 19.8 Å². The largest absolute Gasteiger partial charge is 0.395 e. The molecule has 0 aliphatic carbocycles. The second-order valence-corrected chi connectivity index (χ2v) is 8.61. The molecule has 0 spiro atoms. The number of hydrogen-bond acceptors (Lipinski definition) is 6. The highest BCUT2D eigenvalue weighted by Crippen LogP contribution is 2.22. The Morgan fingerprint density at radius 1 is 0.972 bits per heavy atom. The minimum Gasteiger partial charge on any atom is -0.395 e. The standard InChI is InChI=1S/C27H29ClN4O4/c1-19-5-7-20(8-6-19)17-29-31-27(36)24-16-23(28)9-10-25(24)30-26(35)22-4-2-3-21(15-22)18-32(11-13-33)12-14-34/h2-10,15-17,33-34H,11-14,18H2,1H3,(H,30,35)(H,31,36)/b29-17+. The normalized spacial score (nSPS) is 11.1. The molecule has 0 atom stereocenters. The summed E-state index contributed by atoms with van der Waals surface area (Å²) in [5, 5.41) is 25.6. The summed E-state index contributed by atoms with van der Waals surface area (Å²) in [6, 6.07) is 19.3. The molecular formula is C27H29ClN4O4. The summed E-state index contributed by atoms with van der Waals surface area (Å²) in [4.78, 5) is 27.7. The zero-order valence-corrected chi connectivity index (χ0v) is 20.7. The number of anilines is 1. The number of aliphatic hydroxyl groups excluding tert-OH is 2. The van der Waals surface area contributed by atoms with Crippen molar-refractivity contribution in [3.05, 3.63) is 99.6 Å². The van der Waals surface area contributed by atoms with Crippen LogP contribution in [0.4, 0.5) is 5.69 Å². The third kappa shape index (κ3) is 8.00. The molecule has 188 valence electrons. The third-order valence-electron chi connectivity index (χ3n) is 5.36. The van der Waals surface area contributed by atoms with Gasteiger partial charge in [0.2, 0.25) is 0 Å². The van der Waals surface area contributed by atoms with E-state index >= 15 is 0 Å². The van der Waals surface area contributed by atoms with Gasteiger partial charge in [-0.15, -0.1) is 0 Å². The fraction of sp³-hybridized carbons (Fsp3) is 0.222. The molecule has 0 aliphatic rings. The van der Waals surface area contributed by atoms with Crippen molar-refractivity contribution >= 4 is 35.3 Å². The van der Waals surface area contributed by atoms with Crippen molar-refractivity contribution in [2.24, 2.45) is 5.10 Å². The van der Waals surface area contributed by atoms with Gasteiger partial charge in [-0.1, -0.05) is 53.6 Å². The van der Waals surface area contributed by atoms with Gasteiger partial charge in [-0.2, -0.15) is 5.10 Å². The summed E-state index contributed by atoms with van der Waals surface area (Å²) in [5.41, 5.74) is 6.14. The van der Waals surface area contributed by atoms with Crippen LogP contribution in [0.15, 0.2) is 71.8 Å². The number of aliphatic hydroxyl groups is 2. The number of carbonyl (C=O) groups is 2. The summed E-state index contributed by atoms with van der Waals surface area (Å²) >= 11 is 6.11. The topological polar surface area (TPSA) is 114 Å². The Labute approximate surface area is 215 Å². The Morgan fingerprint density at radius 3 is 2.39 bits per heavy atom. The maximum absolute atomic E-state index is 13.0. The first-order valence-corrected chi connectivity index (χ1v) is 11.8. The molecule has 0 fully saturated rings. The lowest BCUT2D eigenvalue weighted by atomic mass is 10.1. The van der Waals surface area contributed by atoms with E-state index in [4.69, 9.17) is 11.6 Å². The lowest BCUT2D eigenvalue weighted by Gasteiger charge is -2.20. The predicted molar refractivity (Wildman–Crippen MR) is 142 cm³/mol. The SMILES string of the molecule is Cc1ccc(/C=N/NC(=O)c2cc(Cl)ccc2NC(=O)c2cccc(CN(CCO)CCO)c2)cc1. The first kappa shape index (κ1) is 27.0. The molecule has 3 aromatic carbocycles. The maximum atomic E-state index is 13.0. The van der Waals surface area contributed by atoms with Gasteiger partial charge in [0.1, 0.15) is 0 Å². The fourth-order valence-electron chi connectivity index (χ4n) is 3.51. The smallest absolute Gasteiger partial charge is 0.273 e. The van der Waals surface area contributed by atoms with Crippen molar-refractivity contribution in [2.45, 2.75) is 13.5 Å². The highest BCUT2D eigenvalue weighted by Gasteiger charge is 2.16. The van der Waals surface area contributed by atoms with Crippen molar-refractivity contribution in [3.63, 3.8) is 0 Å². The zero-order chi connectivity index (χ0) is 25.9. The number of nitrogens with zero attached hydrogens (tertiary/aromatic N) is 2. The molecule has 3 aromatic rings. The van der Waals surface area contributed by atoms with Gasteiger partial charge in [0.15, 0.2) is 0 Å². The van der Waals surface area contributed by atoms with Crippen LogP contribution < -0.4 is 10.7 Å². The van der Waals surface area contributed by atoms with Crippen LogP contribution in [0.1, 0.15) is 37.4 Å². The van der Waals surface area contributed by atoms with Crippen LogP contribution in [0.25, 0.3) is 0 Å². The van der Waals surface area contributed by atoms with Crippen molar-refractivity contribution in [3.8, 4) is 0 Å². The van der Waals surface area contributed by atoms with Crippen LogP contribution in [0.5, 0.6) is 0 Å². The number of amides is 2. The minimum absolute atomic E-state index is 0.0311. The molecule has 0 aliphatic heterocycles. The zero-order valence-electron chi connectivity index (χ0n) is 19.9. The van der Waals surface area contributed by atoms with E-state index in [1.54, 1.807) is 30.3 Å². The predicted octanol–water partition coefficient (Wildman–Crippen LogP) is 3.45. The molecule has 36 heavy (non-hydrogen) atoms. The summed E-state index contributed by atoms with van der Waals surface area (Å²) in [6.07, 6.45) is 1.53. The first-order chi connectivity index (χ1) is 17.4. The summed E-state index contributed by atoms with van der Waals surface area (Å²) in [7, 11) is 0. The van der Waals surface area contributed by atoms with Crippen LogP contribution in [-0.4, -0.2) is 59.4 Å². The van der Waals surface area contributed by atoms with E-state index in [9.17, 15) is 19.8 Å². The molecule has 0 radical (unpaired) electrons. The van der Waals surface area contributed by atoms with E-state index in [0.29, 0.717) is 35.9 Å². The average Bonchev–Trinajstić information content (AvgIpc) is 2.86. The van der Waals surface area contributed by atoms with Crippen LogP contribution in [0.2, 0.25) is 5.02 Å². The summed E-state index contributed by atoms with van der Waals surface area (Å²) in [6.45, 7) is 3.21. The lowest BCUT2D eigenvalue weighted by Crippen LogP contribution is -2.29. The summed E-state index contributed by atoms with van der Waals surface area (Å²) < 4.78 is 0. The van der Waals surface area contributed by atoms with Crippen molar-refractivity contribution in [1.82, 2.24) is 10.3 Å². The van der Waals surface area contributed by atoms with Gasteiger partial charge in [-0.3, -0.25) is 14.5 Å². The number of aryl methyl sites for hydroxylation is 1. The third-order valence-corrected chi connectivity index (χ3v) is 5.59. The molecule has 3 rings (SSSR count). The Morgan fingerprint density at radius 2 is 1.69 bits per heavy atom. The molecule has 2 amide bonds. The Kier molecular flexibility index (Phi) is 10.1. The summed E-state index contributed by atoms with van der Waals surface area (Å²) in [5.74, 6) is -0.916. The Bertz CT molecular complexity index is 1210. The van der Waals surface area contributed by atoms with Gasteiger partial charge in [0, 0.05) is 30.2 Å². The number of hydrogen-bond donors (Lipinski definition) is 4. The van der Waals surface area contributed by atoms with Crippen LogP contribution in [0.3, 0.4) is 0 Å². The lowest BCUT2D eigenvalue weighted by molar-refractivity contribution is 0.0956. The van der Waals surface area contributed by atoms with E-state index < -0.39 is 11.8 Å². The van der Waals surface area contributed by atoms with Crippen LogP contribution >= 0.6 is 11.6 Å². The van der Waals surface area contributed by atoms with Gasteiger partial charge < -0.3 is 15.5 Å². The minimum atomic E-state index is -0.520. The highest BCUT2D eigenvalue weighted by atomic mass is 35.5. The number of halogens is 1. The molecule has 0 saturated heterocycles. The van der Waals surface area contributed by atoms with Crippen molar-refractivity contribution in [1.29, 1.82) is 0 Å². The molecule has 8 nitrogen and oxygen atoms in total. The van der Waals surface area contributed by atoms with Crippen LogP contribution in [-0.2, 0) is 6.54 Å². The maximum Gasteiger partial charge on any atom is 0.273 e. The molecular weight excluding hydrogens is 480 g/mol. The number of carbonyl (C=O) groups excluding carboxylic acids is 2. The number of nitrogens with one attached hydrogen (secondary N) is 2. The Balaban J connectivity index is 1.72. The number of hydrazone groups is 1. The molecule has 4 N–H and O–H groups in total. The van der Waals surface area contributed by atoms with E-state index in [-0.39, 0.29) is 18.8 Å². The molecule has 9 heteroatoms. The monoisotopic (exact) mass is 508 g/mol. The van der Waals surface area contributed by atoms with E-state index in [0.717, 1.165) is 16.7 Å². The van der Waals surface area contributed by atoms with Gasteiger partial charge in [0.05, 0.1) is 30.7 Å². The highest BCUT2D eigenvalue weighted by molar-refractivity contribution is 6.31. The van der Waals surface area contributed by atoms with Crippen molar-refractivity contribution in [2.75, 3.05) is 31.6 Å². The van der Waals surface area contributed by atoms with Gasteiger partial charge in [0.25, 0.3) is 11.8 Å². The van der Waals surface area contributed by atoms with Crippen LogP contribution in [0, 0.1) is 6.92 Å². The van der Waals surface area contributed by atoms with Gasteiger partial charge >= 0.3 is 0 Å². The second kappa shape index (κ2) is 13.5. The van der Waals surface area contributed by atoms with Gasteiger partial charge in [-0.05, 0) is 48.4 Å². The molecule has 0 bridgehead atoms. The van der Waals surface area contributed by atoms with Gasteiger partial charge in [-0.25, -0.2) is 5.43 Å². The fourth-order valence-corrected chi connectivity index (χ4v) is 3.68. The van der Waals surface area contributed by atoms with E-state index in [1.165, 1.54) is 12.3 Å². The van der Waals surface area contributed by atoms with E-state index in [1.807, 2.05) is 42.2 Å². The quantitative estimate of drug-likeness (QED) is 0.234. The van der Waals surface area contributed by atoms with E-state index in [2.05, 4.69) is 15.8 Å². The number of rotatable bonds is 11. The average molecular weight is 509 g/mol. The molecule has 0 aromatic heterocycles. The molecule has 0 saturated carbocycles. The first-order valence-electron chi connectivity index (χ1n) is 11.4. The second-order valence-electron chi connectivity index (χ2n) is 8.18. The number of benzene rings is 3. The Hall–Kier alpha value is -3.56. The molecule has 0 heterocycles. The molecule has 0 unspecified atom stereocenters.